The highest BCUT2D eigenvalue weighted by Gasteiger charge is 2.30. The third kappa shape index (κ3) is 3.14. The third-order valence-electron chi connectivity index (χ3n) is 4.37. The van der Waals surface area contributed by atoms with Crippen LogP contribution in [-0.2, 0) is 6.54 Å². The molecule has 1 saturated carbocycles. The lowest BCUT2D eigenvalue weighted by Gasteiger charge is -2.27. The summed E-state index contributed by atoms with van der Waals surface area (Å²) in [5.74, 6) is 1.91. The van der Waals surface area contributed by atoms with E-state index in [1.807, 2.05) is 30.3 Å². The van der Waals surface area contributed by atoms with Crippen molar-refractivity contribution < 1.29 is 4.52 Å². The summed E-state index contributed by atoms with van der Waals surface area (Å²) in [6.45, 7) is 1.44. The molecule has 5 nitrogen and oxygen atoms in total. The van der Waals surface area contributed by atoms with E-state index in [-0.39, 0.29) is 0 Å². The van der Waals surface area contributed by atoms with Crippen molar-refractivity contribution in [1.29, 1.82) is 0 Å². The second-order valence-electron chi connectivity index (χ2n) is 5.79. The van der Waals surface area contributed by atoms with Crippen LogP contribution in [0, 0.1) is 5.92 Å². The van der Waals surface area contributed by atoms with Crippen LogP contribution in [0.2, 0.25) is 0 Å². The molecular weight excluding hydrogens is 264 g/mol. The van der Waals surface area contributed by atoms with Gasteiger partial charge in [-0.25, -0.2) is 0 Å². The summed E-state index contributed by atoms with van der Waals surface area (Å²) >= 11 is 0. The van der Waals surface area contributed by atoms with E-state index >= 15 is 0 Å². The van der Waals surface area contributed by atoms with Crippen molar-refractivity contribution in [3.63, 3.8) is 0 Å². The van der Waals surface area contributed by atoms with Crippen molar-refractivity contribution in [3.8, 4) is 11.4 Å². The highest BCUT2D eigenvalue weighted by molar-refractivity contribution is 5.53. The maximum atomic E-state index is 5.86. The molecule has 1 heterocycles. The van der Waals surface area contributed by atoms with Crippen LogP contribution < -0.4 is 5.73 Å². The van der Waals surface area contributed by atoms with Crippen molar-refractivity contribution in [2.45, 2.75) is 31.8 Å². The van der Waals surface area contributed by atoms with E-state index in [2.05, 4.69) is 22.1 Å². The smallest absolute Gasteiger partial charge is 0.241 e. The fourth-order valence-corrected chi connectivity index (χ4v) is 3.23. The van der Waals surface area contributed by atoms with Gasteiger partial charge in [-0.1, -0.05) is 41.9 Å². The third-order valence-corrected chi connectivity index (χ3v) is 4.37. The Balaban J connectivity index is 1.67. The van der Waals surface area contributed by atoms with Gasteiger partial charge in [-0.3, -0.25) is 4.90 Å². The number of rotatable bonds is 5. The number of nitrogens with zero attached hydrogens (tertiary/aromatic N) is 3. The molecule has 1 fully saturated rings. The Morgan fingerprint density at radius 3 is 2.86 bits per heavy atom. The second-order valence-corrected chi connectivity index (χ2v) is 5.79. The minimum absolute atomic E-state index is 0.530. The Morgan fingerprint density at radius 2 is 2.10 bits per heavy atom. The average Bonchev–Trinajstić information content (AvgIpc) is 3.16. The van der Waals surface area contributed by atoms with Gasteiger partial charge in [0.25, 0.3) is 0 Å². The largest absolute Gasteiger partial charge is 0.338 e. The predicted molar refractivity (Wildman–Crippen MR) is 81.4 cm³/mol. The molecule has 2 atom stereocenters. The SMILES string of the molecule is CN(Cc1nc(-c2ccccc2)no1)C1CCCC1CN. The molecule has 1 aliphatic rings. The van der Waals surface area contributed by atoms with Gasteiger partial charge in [-0.2, -0.15) is 4.98 Å². The molecule has 0 radical (unpaired) electrons. The van der Waals surface area contributed by atoms with Crippen LogP contribution in [0.25, 0.3) is 11.4 Å². The number of aromatic nitrogens is 2. The first-order chi connectivity index (χ1) is 10.3. The highest BCUT2D eigenvalue weighted by atomic mass is 16.5. The fraction of sp³-hybridized carbons (Fsp3) is 0.500. The molecule has 3 rings (SSSR count). The first-order valence-electron chi connectivity index (χ1n) is 7.56. The maximum Gasteiger partial charge on any atom is 0.241 e. The van der Waals surface area contributed by atoms with Gasteiger partial charge in [0, 0.05) is 11.6 Å². The minimum Gasteiger partial charge on any atom is -0.338 e. The van der Waals surface area contributed by atoms with Crippen molar-refractivity contribution >= 4 is 0 Å². The Labute approximate surface area is 125 Å². The molecule has 1 aliphatic carbocycles. The van der Waals surface area contributed by atoms with E-state index in [4.69, 9.17) is 10.3 Å². The van der Waals surface area contributed by atoms with Gasteiger partial charge in [0.1, 0.15) is 0 Å². The highest BCUT2D eigenvalue weighted by Crippen LogP contribution is 2.29. The lowest BCUT2D eigenvalue weighted by Crippen LogP contribution is -2.37. The first-order valence-corrected chi connectivity index (χ1v) is 7.56. The summed E-state index contributed by atoms with van der Waals surface area (Å²) in [7, 11) is 2.12. The number of hydrogen-bond donors (Lipinski definition) is 1. The summed E-state index contributed by atoms with van der Waals surface area (Å²) < 4.78 is 5.38. The molecule has 0 aliphatic heterocycles. The van der Waals surface area contributed by atoms with Crippen LogP contribution in [0.1, 0.15) is 25.2 Å². The maximum absolute atomic E-state index is 5.86. The zero-order valence-corrected chi connectivity index (χ0v) is 12.4. The molecule has 2 unspecified atom stereocenters. The second kappa shape index (κ2) is 6.37. The van der Waals surface area contributed by atoms with Crippen LogP contribution in [0.5, 0.6) is 0 Å². The van der Waals surface area contributed by atoms with Gasteiger partial charge < -0.3 is 10.3 Å². The number of benzene rings is 1. The Kier molecular flexibility index (Phi) is 4.31. The van der Waals surface area contributed by atoms with Crippen LogP contribution in [0.4, 0.5) is 0 Å². The summed E-state index contributed by atoms with van der Waals surface area (Å²) in [6, 6.07) is 10.4. The van der Waals surface area contributed by atoms with Gasteiger partial charge in [0.15, 0.2) is 0 Å². The predicted octanol–water partition coefficient (Wildman–Crippen LogP) is 2.30. The lowest BCUT2D eigenvalue weighted by atomic mass is 10.0. The molecule has 0 spiro atoms. The van der Waals surface area contributed by atoms with E-state index in [9.17, 15) is 0 Å². The van der Waals surface area contributed by atoms with Crippen molar-refractivity contribution in [1.82, 2.24) is 15.0 Å². The zero-order chi connectivity index (χ0) is 14.7. The van der Waals surface area contributed by atoms with Crippen LogP contribution in [0.3, 0.4) is 0 Å². The molecule has 2 aromatic rings. The molecule has 21 heavy (non-hydrogen) atoms. The van der Waals surface area contributed by atoms with Gasteiger partial charge in [-0.05, 0) is 32.4 Å². The fourth-order valence-electron chi connectivity index (χ4n) is 3.23. The Morgan fingerprint density at radius 1 is 1.29 bits per heavy atom. The average molecular weight is 286 g/mol. The van der Waals surface area contributed by atoms with E-state index in [0.29, 0.717) is 30.2 Å². The quantitative estimate of drug-likeness (QED) is 0.913. The molecule has 0 bridgehead atoms. The van der Waals surface area contributed by atoms with Gasteiger partial charge in [-0.15, -0.1) is 0 Å². The van der Waals surface area contributed by atoms with Gasteiger partial charge in [0.05, 0.1) is 6.54 Å². The molecule has 0 saturated heterocycles. The van der Waals surface area contributed by atoms with E-state index in [1.54, 1.807) is 0 Å². The monoisotopic (exact) mass is 286 g/mol. The summed E-state index contributed by atoms with van der Waals surface area (Å²) in [5, 5.41) is 4.07. The van der Waals surface area contributed by atoms with E-state index in [1.165, 1.54) is 19.3 Å². The molecule has 5 heteroatoms. The van der Waals surface area contributed by atoms with E-state index < -0.39 is 0 Å². The molecule has 1 aromatic carbocycles. The molecule has 2 N–H and O–H groups in total. The van der Waals surface area contributed by atoms with E-state index in [0.717, 1.165) is 12.1 Å². The molecule has 0 amide bonds. The van der Waals surface area contributed by atoms with Crippen molar-refractivity contribution in [2.75, 3.05) is 13.6 Å². The number of nitrogens with two attached hydrogens (primary N) is 1. The van der Waals surface area contributed by atoms with Gasteiger partial charge >= 0.3 is 0 Å². The normalized spacial score (nSPS) is 22.0. The Hall–Kier alpha value is -1.72. The molecule has 112 valence electrons. The van der Waals surface area contributed by atoms with Crippen LogP contribution in [-0.4, -0.2) is 34.7 Å². The van der Waals surface area contributed by atoms with Crippen molar-refractivity contribution in [3.05, 3.63) is 36.2 Å². The molecular formula is C16H22N4O. The zero-order valence-electron chi connectivity index (χ0n) is 12.4. The standard InChI is InChI=1S/C16H22N4O/c1-20(14-9-5-8-13(14)10-17)11-15-18-16(19-21-15)12-6-3-2-4-7-12/h2-4,6-7,13-14H,5,8-11,17H2,1H3. The summed E-state index contributed by atoms with van der Waals surface area (Å²) in [4.78, 5) is 6.79. The number of hydrogen-bond acceptors (Lipinski definition) is 5. The summed E-state index contributed by atoms with van der Waals surface area (Å²) in [5.41, 5.74) is 6.84. The molecule has 1 aromatic heterocycles. The van der Waals surface area contributed by atoms with Gasteiger partial charge in [0.2, 0.25) is 11.7 Å². The Bertz CT molecular complexity index is 569. The topological polar surface area (TPSA) is 68.2 Å². The van der Waals surface area contributed by atoms with Crippen LogP contribution >= 0.6 is 0 Å². The lowest BCUT2D eigenvalue weighted by molar-refractivity contribution is 0.171. The summed E-state index contributed by atoms with van der Waals surface area (Å²) in [6.07, 6.45) is 3.69. The first kappa shape index (κ1) is 14.2. The van der Waals surface area contributed by atoms with Crippen molar-refractivity contribution in [2.24, 2.45) is 11.7 Å². The minimum atomic E-state index is 0.530. The van der Waals surface area contributed by atoms with Crippen LogP contribution in [0.15, 0.2) is 34.9 Å².